The Kier molecular flexibility index (Phi) is 4.65. The molecular formula is C14H10ClF3N2O3. The van der Waals surface area contributed by atoms with Crippen molar-refractivity contribution in [2.45, 2.75) is 13.1 Å². The molecule has 2 rings (SSSR count). The van der Waals surface area contributed by atoms with E-state index in [0.29, 0.717) is 0 Å². The van der Waals surface area contributed by atoms with Gasteiger partial charge < -0.3 is 9.73 Å². The average molecular weight is 347 g/mol. The number of halogens is 4. The number of furan rings is 1. The largest absolute Gasteiger partial charge is 0.435 e. The van der Waals surface area contributed by atoms with E-state index in [1.165, 1.54) is 25.1 Å². The number of amides is 2. The molecule has 122 valence electrons. The summed E-state index contributed by atoms with van der Waals surface area (Å²) in [4.78, 5) is 22.8. The summed E-state index contributed by atoms with van der Waals surface area (Å²) in [5.41, 5.74) is -1.15. The maximum atomic E-state index is 12.8. The van der Waals surface area contributed by atoms with Gasteiger partial charge in [-0.05, 0) is 24.3 Å². The minimum absolute atomic E-state index is 0.0507. The second-order valence-electron chi connectivity index (χ2n) is 4.49. The minimum Gasteiger partial charge on any atom is -0.435 e. The van der Waals surface area contributed by atoms with Crippen molar-refractivity contribution in [3.05, 3.63) is 46.7 Å². The summed E-state index contributed by atoms with van der Waals surface area (Å²) in [5, 5.41) is 4.12. The zero-order valence-corrected chi connectivity index (χ0v) is 12.4. The van der Waals surface area contributed by atoms with E-state index in [-0.39, 0.29) is 23.2 Å². The summed E-state index contributed by atoms with van der Waals surface area (Å²) < 4.78 is 43.3. The van der Waals surface area contributed by atoms with Gasteiger partial charge in [0, 0.05) is 18.7 Å². The van der Waals surface area contributed by atoms with E-state index in [4.69, 9.17) is 16.0 Å². The Hall–Kier alpha value is -2.48. The molecule has 0 spiro atoms. The van der Waals surface area contributed by atoms with Crippen molar-refractivity contribution in [1.82, 2.24) is 0 Å². The molecule has 1 aromatic heterocycles. The lowest BCUT2D eigenvalue weighted by atomic mass is 10.2. The second kappa shape index (κ2) is 6.33. The van der Waals surface area contributed by atoms with Gasteiger partial charge in [0.25, 0.3) is 5.91 Å². The van der Waals surface area contributed by atoms with Gasteiger partial charge >= 0.3 is 6.18 Å². The van der Waals surface area contributed by atoms with Crippen molar-refractivity contribution in [2.24, 2.45) is 0 Å². The number of carbonyl (C=O) groups is 2. The SMILES string of the molecule is CC(=O)Nc1ccc(C(=O)Nc2ccc(Cl)c(C(F)(F)F)c2)o1. The second-order valence-corrected chi connectivity index (χ2v) is 4.90. The van der Waals surface area contributed by atoms with Gasteiger partial charge in [0.05, 0.1) is 10.6 Å². The Morgan fingerprint density at radius 3 is 2.43 bits per heavy atom. The third-order valence-electron chi connectivity index (χ3n) is 2.66. The first-order valence-corrected chi connectivity index (χ1v) is 6.60. The predicted octanol–water partition coefficient (Wildman–Crippen LogP) is 4.16. The van der Waals surface area contributed by atoms with Crippen LogP contribution in [0.25, 0.3) is 0 Å². The maximum absolute atomic E-state index is 12.8. The van der Waals surface area contributed by atoms with Crippen molar-refractivity contribution in [1.29, 1.82) is 0 Å². The molecule has 0 radical (unpaired) electrons. The van der Waals surface area contributed by atoms with Crippen molar-refractivity contribution in [3.8, 4) is 0 Å². The van der Waals surface area contributed by atoms with Gasteiger partial charge in [0.15, 0.2) is 11.6 Å². The van der Waals surface area contributed by atoms with Crippen LogP contribution in [0.2, 0.25) is 5.02 Å². The Morgan fingerprint density at radius 1 is 1.13 bits per heavy atom. The predicted molar refractivity (Wildman–Crippen MR) is 77.4 cm³/mol. The highest BCUT2D eigenvalue weighted by molar-refractivity contribution is 6.31. The monoisotopic (exact) mass is 346 g/mol. The molecule has 0 aliphatic heterocycles. The van der Waals surface area contributed by atoms with E-state index in [1.807, 2.05) is 0 Å². The Morgan fingerprint density at radius 2 is 1.83 bits per heavy atom. The van der Waals surface area contributed by atoms with E-state index in [2.05, 4.69) is 10.6 Å². The number of anilines is 2. The molecule has 5 nitrogen and oxygen atoms in total. The van der Waals surface area contributed by atoms with Crippen molar-refractivity contribution in [3.63, 3.8) is 0 Å². The molecule has 2 N–H and O–H groups in total. The molecule has 0 aliphatic carbocycles. The normalized spacial score (nSPS) is 11.2. The number of hydrogen-bond acceptors (Lipinski definition) is 3. The van der Waals surface area contributed by atoms with E-state index >= 15 is 0 Å². The van der Waals surface area contributed by atoms with E-state index in [1.54, 1.807) is 0 Å². The summed E-state index contributed by atoms with van der Waals surface area (Å²) in [5.74, 6) is -1.28. The van der Waals surface area contributed by atoms with Crippen LogP contribution in [0.15, 0.2) is 34.7 Å². The molecular weight excluding hydrogens is 337 g/mol. The molecule has 0 fully saturated rings. The quantitative estimate of drug-likeness (QED) is 0.876. The number of nitrogens with one attached hydrogen (secondary N) is 2. The molecule has 0 saturated heterocycles. The van der Waals surface area contributed by atoms with Crippen LogP contribution in [0.4, 0.5) is 24.7 Å². The average Bonchev–Trinajstić information content (AvgIpc) is 2.87. The van der Waals surface area contributed by atoms with Crippen molar-refractivity contribution >= 4 is 35.0 Å². The third-order valence-corrected chi connectivity index (χ3v) is 2.99. The summed E-state index contributed by atoms with van der Waals surface area (Å²) in [6.45, 7) is 1.26. The molecule has 0 atom stereocenters. The van der Waals surface area contributed by atoms with Crippen LogP contribution in [-0.2, 0) is 11.0 Å². The van der Waals surface area contributed by atoms with Crippen LogP contribution in [0, 0.1) is 0 Å². The highest BCUT2D eigenvalue weighted by atomic mass is 35.5. The molecule has 2 aromatic rings. The van der Waals surface area contributed by atoms with Crippen LogP contribution < -0.4 is 10.6 Å². The lowest BCUT2D eigenvalue weighted by molar-refractivity contribution is -0.137. The summed E-state index contributed by atoms with van der Waals surface area (Å²) in [6, 6.07) is 5.61. The standard InChI is InChI=1S/C14H10ClF3N2O3/c1-7(21)19-12-5-4-11(23-12)13(22)20-8-2-3-10(15)9(6-8)14(16,17)18/h2-6H,1H3,(H,19,21)(H,20,22). The van der Waals surface area contributed by atoms with Gasteiger partial charge in [-0.3, -0.25) is 14.9 Å². The fraction of sp³-hybridized carbons (Fsp3) is 0.143. The number of alkyl halides is 3. The first-order valence-electron chi connectivity index (χ1n) is 6.22. The highest BCUT2D eigenvalue weighted by Gasteiger charge is 2.33. The summed E-state index contributed by atoms with van der Waals surface area (Å²) in [7, 11) is 0. The minimum atomic E-state index is -4.64. The number of carbonyl (C=O) groups excluding carboxylic acids is 2. The molecule has 0 saturated carbocycles. The van der Waals surface area contributed by atoms with Crippen molar-refractivity contribution < 1.29 is 27.2 Å². The molecule has 1 heterocycles. The molecule has 0 unspecified atom stereocenters. The number of benzene rings is 1. The molecule has 9 heteroatoms. The van der Waals surface area contributed by atoms with Gasteiger partial charge in [0.2, 0.25) is 5.91 Å². The topological polar surface area (TPSA) is 71.3 Å². The zero-order chi connectivity index (χ0) is 17.2. The maximum Gasteiger partial charge on any atom is 0.417 e. The van der Waals surface area contributed by atoms with E-state index in [9.17, 15) is 22.8 Å². The lowest BCUT2D eigenvalue weighted by Gasteiger charge is -2.11. The third kappa shape index (κ3) is 4.26. The first-order chi connectivity index (χ1) is 10.7. The number of rotatable bonds is 3. The van der Waals surface area contributed by atoms with E-state index in [0.717, 1.165) is 12.1 Å². The fourth-order valence-electron chi connectivity index (χ4n) is 1.71. The van der Waals surface area contributed by atoms with Gasteiger partial charge in [-0.25, -0.2) is 0 Å². The Labute approximate surface area is 133 Å². The molecule has 0 bridgehead atoms. The molecule has 23 heavy (non-hydrogen) atoms. The smallest absolute Gasteiger partial charge is 0.417 e. The van der Waals surface area contributed by atoms with Gasteiger partial charge in [-0.15, -0.1) is 0 Å². The van der Waals surface area contributed by atoms with Gasteiger partial charge in [0.1, 0.15) is 0 Å². The Bertz CT molecular complexity index is 756. The first kappa shape index (κ1) is 16.9. The van der Waals surface area contributed by atoms with Crippen molar-refractivity contribution in [2.75, 3.05) is 10.6 Å². The number of hydrogen-bond donors (Lipinski definition) is 2. The summed E-state index contributed by atoms with van der Waals surface area (Å²) in [6.07, 6.45) is -4.64. The van der Waals surface area contributed by atoms with Crippen LogP contribution in [0.1, 0.15) is 23.0 Å². The van der Waals surface area contributed by atoms with Gasteiger partial charge in [-0.2, -0.15) is 13.2 Å². The van der Waals surface area contributed by atoms with Crippen LogP contribution in [0.5, 0.6) is 0 Å². The molecule has 1 aromatic carbocycles. The lowest BCUT2D eigenvalue weighted by Crippen LogP contribution is -2.13. The highest BCUT2D eigenvalue weighted by Crippen LogP contribution is 2.36. The molecule has 2 amide bonds. The summed E-state index contributed by atoms with van der Waals surface area (Å²) >= 11 is 5.49. The van der Waals surface area contributed by atoms with Crippen LogP contribution in [0.3, 0.4) is 0 Å². The van der Waals surface area contributed by atoms with Crippen LogP contribution in [-0.4, -0.2) is 11.8 Å². The fourth-order valence-corrected chi connectivity index (χ4v) is 1.94. The van der Waals surface area contributed by atoms with Crippen LogP contribution >= 0.6 is 11.6 Å². The van der Waals surface area contributed by atoms with Gasteiger partial charge in [-0.1, -0.05) is 11.6 Å². The van der Waals surface area contributed by atoms with E-state index < -0.39 is 22.7 Å². The molecule has 0 aliphatic rings. The zero-order valence-electron chi connectivity index (χ0n) is 11.6. The Balaban J connectivity index is 2.17.